The van der Waals surface area contributed by atoms with Gasteiger partial charge in [-0.05, 0) is 29.0 Å². The average molecular weight is 481 g/mol. The number of hydrogen-bond acceptors (Lipinski definition) is 8. The highest BCUT2D eigenvalue weighted by molar-refractivity contribution is 7.99. The lowest BCUT2D eigenvalue weighted by molar-refractivity contribution is 0.0473. The summed E-state index contributed by atoms with van der Waals surface area (Å²) in [6.07, 6.45) is 0.644. The zero-order valence-corrected chi connectivity index (χ0v) is 20.0. The summed E-state index contributed by atoms with van der Waals surface area (Å²) < 4.78 is 32.5. The third-order valence-electron chi connectivity index (χ3n) is 4.95. The van der Waals surface area contributed by atoms with Crippen molar-refractivity contribution in [1.29, 1.82) is 0 Å². The Morgan fingerprint density at radius 3 is 2.00 bits per heavy atom. The Morgan fingerprint density at radius 1 is 0.719 bits per heavy atom. The van der Waals surface area contributed by atoms with Gasteiger partial charge in [-0.1, -0.05) is 18.2 Å². The second-order valence-electron chi connectivity index (χ2n) is 7.62. The molecule has 2 fully saturated rings. The summed E-state index contributed by atoms with van der Waals surface area (Å²) in [6.45, 7) is 7.03. The zero-order valence-electron chi connectivity index (χ0n) is 18.4. The lowest BCUT2D eigenvalue weighted by Gasteiger charge is -2.09. The van der Waals surface area contributed by atoms with Gasteiger partial charge < -0.3 is 28.4 Å². The van der Waals surface area contributed by atoms with Crippen LogP contribution in [0.3, 0.4) is 0 Å². The molecule has 0 aromatic heterocycles. The van der Waals surface area contributed by atoms with E-state index in [2.05, 4.69) is 36.4 Å². The van der Waals surface area contributed by atoms with E-state index >= 15 is 0 Å². The molecule has 6 nitrogen and oxygen atoms in total. The monoisotopic (exact) mass is 480 g/mol. The van der Waals surface area contributed by atoms with Crippen molar-refractivity contribution in [1.82, 2.24) is 0 Å². The van der Waals surface area contributed by atoms with Gasteiger partial charge in [0.25, 0.3) is 0 Å². The van der Waals surface area contributed by atoms with E-state index < -0.39 is 0 Å². The highest BCUT2D eigenvalue weighted by atomic mass is 32.2. The smallest absolute Gasteiger partial charge is 0.104 e. The molecule has 0 N–H and O–H groups in total. The standard InChI is InChI=1S/C24H32O6S2/c1-2-19-14-22(31-12-10-25-6-8-27-15-20-17-29-20)4-5-23(19)24(3-1)32-13-11-26-7-9-28-16-21-18-30-21/h1-5,14,20-21H,6-13,15-18H2. The fraction of sp³-hybridized carbons (Fsp3) is 0.583. The van der Waals surface area contributed by atoms with Gasteiger partial charge in [-0.15, -0.1) is 23.5 Å². The SMILES string of the molecule is c1cc(SCCOCCOCC2CO2)c2ccc(SCCOCCOCC3CO3)cc2c1. The van der Waals surface area contributed by atoms with Crippen LogP contribution in [0.4, 0.5) is 0 Å². The van der Waals surface area contributed by atoms with Crippen LogP contribution in [-0.2, 0) is 28.4 Å². The Labute approximate surface area is 198 Å². The zero-order chi connectivity index (χ0) is 21.8. The van der Waals surface area contributed by atoms with E-state index in [1.807, 2.05) is 23.5 Å². The van der Waals surface area contributed by atoms with Crippen molar-refractivity contribution in [3.8, 4) is 0 Å². The van der Waals surface area contributed by atoms with E-state index in [-0.39, 0.29) is 0 Å². The van der Waals surface area contributed by atoms with Crippen LogP contribution in [-0.4, -0.2) is 89.8 Å². The number of benzene rings is 2. The molecule has 2 aromatic rings. The highest BCUT2D eigenvalue weighted by Gasteiger charge is 2.22. The largest absolute Gasteiger partial charge is 0.378 e. The summed E-state index contributed by atoms with van der Waals surface area (Å²) in [4.78, 5) is 2.56. The molecule has 4 rings (SSSR count). The molecular formula is C24H32O6S2. The van der Waals surface area contributed by atoms with Gasteiger partial charge in [0.1, 0.15) is 12.2 Å². The molecule has 2 unspecified atom stereocenters. The first-order valence-corrected chi connectivity index (χ1v) is 13.2. The second-order valence-corrected chi connectivity index (χ2v) is 9.93. The third kappa shape index (κ3) is 9.19. The first-order valence-electron chi connectivity index (χ1n) is 11.2. The molecule has 2 aliphatic heterocycles. The quantitative estimate of drug-likeness (QED) is 0.181. The Hall–Kier alpha value is -0.840. The van der Waals surface area contributed by atoms with Gasteiger partial charge >= 0.3 is 0 Å². The number of rotatable bonds is 18. The van der Waals surface area contributed by atoms with E-state index in [0.29, 0.717) is 51.8 Å². The van der Waals surface area contributed by atoms with Crippen molar-refractivity contribution in [3.05, 3.63) is 36.4 Å². The minimum Gasteiger partial charge on any atom is -0.378 e. The molecular weight excluding hydrogens is 448 g/mol. The Morgan fingerprint density at radius 2 is 1.34 bits per heavy atom. The molecule has 176 valence electrons. The maximum absolute atomic E-state index is 5.67. The van der Waals surface area contributed by atoms with Crippen molar-refractivity contribution in [2.45, 2.75) is 22.0 Å². The Kier molecular flexibility index (Phi) is 10.5. The predicted octanol–water partition coefficient (Wildman–Crippen LogP) is 3.89. The summed E-state index contributed by atoms with van der Waals surface area (Å²) >= 11 is 3.66. The Bertz CT molecular complexity index is 812. The molecule has 0 spiro atoms. The number of ether oxygens (including phenoxy) is 6. The van der Waals surface area contributed by atoms with Gasteiger partial charge in [-0.3, -0.25) is 0 Å². The molecule has 0 radical (unpaired) electrons. The first kappa shape index (κ1) is 24.3. The predicted molar refractivity (Wildman–Crippen MR) is 128 cm³/mol. The fourth-order valence-corrected chi connectivity index (χ4v) is 4.82. The molecule has 32 heavy (non-hydrogen) atoms. The molecule has 2 heterocycles. The van der Waals surface area contributed by atoms with Crippen LogP contribution >= 0.6 is 23.5 Å². The molecule has 2 aromatic carbocycles. The molecule has 0 aliphatic carbocycles. The van der Waals surface area contributed by atoms with Crippen molar-refractivity contribution < 1.29 is 28.4 Å². The average Bonchev–Trinajstić information content (AvgIpc) is 3.73. The van der Waals surface area contributed by atoms with Crippen molar-refractivity contribution in [2.75, 3.05) is 77.6 Å². The third-order valence-corrected chi connectivity index (χ3v) is 6.95. The Balaban J connectivity index is 1.09. The number of hydrogen-bond donors (Lipinski definition) is 0. The van der Waals surface area contributed by atoms with E-state index in [0.717, 1.165) is 37.9 Å². The molecule has 2 atom stereocenters. The van der Waals surface area contributed by atoms with Crippen LogP contribution in [0.1, 0.15) is 0 Å². The van der Waals surface area contributed by atoms with Gasteiger partial charge in [-0.2, -0.15) is 0 Å². The van der Waals surface area contributed by atoms with Gasteiger partial charge in [0.15, 0.2) is 0 Å². The summed E-state index contributed by atoms with van der Waals surface area (Å²) in [5, 5.41) is 2.57. The van der Waals surface area contributed by atoms with Crippen LogP contribution in [0.25, 0.3) is 10.8 Å². The van der Waals surface area contributed by atoms with Crippen molar-refractivity contribution in [3.63, 3.8) is 0 Å². The van der Waals surface area contributed by atoms with Crippen LogP contribution < -0.4 is 0 Å². The fourth-order valence-electron chi connectivity index (χ4n) is 3.07. The summed E-state index contributed by atoms with van der Waals surface area (Å²) in [5.41, 5.74) is 0. The number of epoxide rings is 2. The van der Waals surface area contributed by atoms with Gasteiger partial charge in [-0.25, -0.2) is 0 Å². The van der Waals surface area contributed by atoms with Crippen LogP contribution in [0.5, 0.6) is 0 Å². The molecule has 8 heteroatoms. The molecule has 2 saturated heterocycles. The van der Waals surface area contributed by atoms with Crippen LogP contribution in [0.2, 0.25) is 0 Å². The van der Waals surface area contributed by atoms with Crippen molar-refractivity contribution in [2.24, 2.45) is 0 Å². The second kappa shape index (κ2) is 13.8. The van der Waals surface area contributed by atoms with Crippen molar-refractivity contribution >= 4 is 34.3 Å². The minimum atomic E-state index is 0.321. The van der Waals surface area contributed by atoms with E-state index in [4.69, 9.17) is 28.4 Å². The topological polar surface area (TPSA) is 62.0 Å². The van der Waals surface area contributed by atoms with Crippen LogP contribution in [0.15, 0.2) is 46.2 Å². The minimum absolute atomic E-state index is 0.321. The first-order chi connectivity index (χ1) is 15.9. The normalized spacial score (nSPS) is 19.5. The number of fused-ring (bicyclic) bond motifs is 1. The molecule has 2 aliphatic rings. The maximum Gasteiger partial charge on any atom is 0.104 e. The van der Waals surface area contributed by atoms with E-state index in [1.165, 1.54) is 20.6 Å². The summed E-state index contributed by atoms with van der Waals surface area (Å²) in [7, 11) is 0. The van der Waals surface area contributed by atoms with Crippen LogP contribution in [0, 0.1) is 0 Å². The van der Waals surface area contributed by atoms with Gasteiger partial charge in [0, 0.05) is 21.3 Å². The van der Waals surface area contributed by atoms with E-state index in [1.54, 1.807) is 0 Å². The molecule has 0 bridgehead atoms. The van der Waals surface area contributed by atoms with E-state index in [9.17, 15) is 0 Å². The maximum atomic E-state index is 5.67. The lowest BCUT2D eigenvalue weighted by atomic mass is 10.1. The summed E-state index contributed by atoms with van der Waals surface area (Å²) in [5.74, 6) is 1.86. The lowest BCUT2D eigenvalue weighted by Crippen LogP contribution is -2.09. The summed E-state index contributed by atoms with van der Waals surface area (Å²) in [6, 6.07) is 13.2. The highest BCUT2D eigenvalue weighted by Crippen LogP contribution is 2.31. The molecule has 0 saturated carbocycles. The molecule has 0 amide bonds. The number of thioether (sulfide) groups is 2. The van der Waals surface area contributed by atoms with Gasteiger partial charge in [0.2, 0.25) is 0 Å². The van der Waals surface area contributed by atoms with Gasteiger partial charge in [0.05, 0.1) is 66.1 Å².